The molecule has 1 atom stereocenters. The number of imide groups is 1. The third-order valence-corrected chi connectivity index (χ3v) is 6.05. The SMILES string of the molecule is CC(C)C[C@H](C(=O)OCc1cnc(-c2ccccc2)s1)N1C(=O)c2ccccc2C1=O. The predicted molar refractivity (Wildman–Crippen MR) is 118 cm³/mol. The second-order valence-electron chi connectivity index (χ2n) is 7.78. The van der Waals surface area contributed by atoms with Crippen molar-refractivity contribution in [3.63, 3.8) is 0 Å². The fourth-order valence-electron chi connectivity index (χ4n) is 3.57. The van der Waals surface area contributed by atoms with Gasteiger partial charge in [0.1, 0.15) is 17.7 Å². The van der Waals surface area contributed by atoms with E-state index in [2.05, 4.69) is 4.98 Å². The molecule has 2 aromatic carbocycles. The number of hydrogen-bond acceptors (Lipinski definition) is 6. The van der Waals surface area contributed by atoms with E-state index >= 15 is 0 Å². The summed E-state index contributed by atoms with van der Waals surface area (Å²) in [6.45, 7) is 3.92. The van der Waals surface area contributed by atoms with Crippen LogP contribution in [0.15, 0.2) is 60.8 Å². The van der Waals surface area contributed by atoms with Gasteiger partial charge in [-0.3, -0.25) is 14.5 Å². The molecule has 7 heteroatoms. The minimum Gasteiger partial charge on any atom is -0.458 e. The van der Waals surface area contributed by atoms with E-state index < -0.39 is 23.8 Å². The molecule has 2 heterocycles. The van der Waals surface area contributed by atoms with Crippen LogP contribution in [0.4, 0.5) is 0 Å². The van der Waals surface area contributed by atoms with Crippen molar-refractivity contribution in [3.05, 3.63) is 76.8 Å². The van der Waals surface area contributed by atoms with Crippen LogP contribution in [0.5, 0.6) is 0 Å². The zero-order valence-corrected chi connectivity index (χ0v) is 18.1. The van der Waals surface area contributed by atoms with Gasteiger partial charge < -0.3 is 4.74 Å². The van der Waals surface area contributed by atoms with Crippen LogP contribution >= 0.6 is 11.3 Å². The second-order valence-corrected chi connectivity index (χ2v) is 8.89. The Morgan fingerprint density at radius 2 is 1.61 bits per heavy atom. The number of esters is 1. The summed E-state index contributed by atoms with van der Waals surface area (Å²) >= 11 is 1.44. The van der Waals surface area contributed by atoms with Gasteiger partial charge in [-0.15, -0.1) is 11.3 Å². The lowest BCUT2D eigenvalue weighted by molar-refractivity contribution is -0.150. The summed E-state index contributed by atoms with van der Waals surface area (Å²) in [6.07, 6.45) is 2.02. The topological polar surface area (TPSA) is 76.6 Å². The summed E-state index contributed by atoms with van der Waals surface area (Å²) in [5.74, 6) is -1.40. The van der Waals surface area contributed by atoms with Crippen LogP contribution in [0, 0.1) is 5.92 Å². The highest BCUT2D eigenvalue weighted by Crippen LogP contribution is 2.29. The van der Waals surface area contributed by atoms with E-state index in [1.165, 1.54) is 11.3 Å². The van der Waals surface area contributed by atoms with Crippen molar-refractivity contribution < 1.29 is 19.1 Å². The van der Waals surface area contributed by atoms with Crippen molar-refractivity contribution >= 4 is 29.1 Å². The average molecular weight is 435 g/mol. The average Bonchev–Trinajstić information content (AvgIpc) is 3.35. The highest BCUT2D eigenvalue weighted by Gasteiger charge is 2.43. The van der Waals surface area contributed by atoms with Gasteiger partial charge in [-0.2, -0.15) is 0 Å². The Morgan fingerprint density at radius 1 is 1.00 bits per heavy atom. The van der Waals surface area contributed by atoms with Crippen LogP contribution in [0.3, 0.4) is 0 Å². The molecule has 4 rings (SSSR count). The van der Waals surface area contributed by atoms with Crippen molar-refractivity contribution in [2.75, 3.05) is 0 Å². The minimum atomic E-state index is -0.964. The molecular weight excluding hydrogens is 412 g/mol. The molecule has 31 heavy (non-hydrogen) atoms. The number of thiazole rings is 1. The minimum absolute atomic E-state index is 0.0428. The van der Waals surface area contributed by atoms with Gasteiger partial charge in [0.2, 0.25) is 0 Å². The van der Waals surface area contributed by atoms with Gasteiger partial charge in [0.15, 0.2) is 0 Å². The molecule has 0 aliphatic carbocycles. The lowest BCUT2D eigenvalue weighted by atomic mass is 10.0. The molecule has 0 unspecified atom stereocenters. The van der Waals surface area contributed by atoms with Crippen LogP contribution in [0.1, 0.15) is 45.9 Å². The molecule has 2 amide bonds. The molecule has 158 valence electrons. The molecule has 0 saturated heterocycles. The summed E-state index contributed by atoms with van der Waals surface area (Å²) in [5, 5.41) is 0.839. The van der Waals surface area contributed by atoms with Crippen molar-refractivity contribution in [1.29, 1.82) is 0 Å². The third-order valence-electron chi connectivity index (χ3n) is 5.03. The maximum absolute atomic E-state index is 13.0. The van der Waals surface area contributed by atoms with Crippen molar-refractivity contribution in [1.82, 2.24) is 9.88 Å². The summed E-state index contributed by atoms with van der Waals surface area (Å²) in [7, 11) is 0. The van der Waals surface area contributed by atoms with E-state index in [4.69, 9.17) is 4.74 Å². The quantitative estimate of drug-likeness (QED) is 0.402. The predicted octanol–water partition coefficient (Wildman–Crippen LogP) is 4.56. The van der Waals surface area contributed by atoms with Crippen LogP contribution in [-0.2, 0) is 16.1 Å². The van der Waals surface area contributed by atoms with Crippen molar-refractivity contribution in [2.24, 2.45) is 5.92 Å². The highest BCUT2D eigenvalue weighted by atomic mass is 32.1. The molecule has 0 saturated carbocycles. The molecule has 1 aliphatic rings. The number of nitrogens with zero attached hydrogens (tertiary/aromatic N) is 2. The Morgan fingerprint density at radius 3 is 2.23 bits per heavy atom. The monoisotopic (exact) mass is 434 g/mol. The summed E-state index contributed by atoms with van der Waals surface area (Å²) in [4.78, 5) is 44.9. The Balaban J connectivity index is 1.49. The molecule has 0 fully saturated rings. The van der Waals surface area contributed by atoms with Gasteiger partial charge in [-0.25, -0.2) is 9.78 Å². The summed E-state index contributed by atoms with van der Waals surface area (Å²) in [6, 6.07) is 15.4. The number of benzene rings is 2. The molecule has 0 radical (unpaired) electrons. The van der Waals surface area contributed by atoms with Gasteiger partial charge in [-0.05, 0) is 24.5 Å². The Hall–Kier alpha value is -3.32. The fourth-order valence-corrected chi connectivity index (χ4v) is 4.40. The number of rotatable bonds is 7. The van der Waals surface area contributed by atoms with Gasteiger partial charge >= 0.3 is 5.97 Å². The number of carbonyl (C=O) groups excluding carboxylic acids is 3. The van der Waals surface area contributed by atoms with Gasteiger partial charge in [-0.1, -0.05) is 56.3 Å². The maximum atomic E-state index is 13.0. The molecule has 1 aromatic heterocycles. The molecule has 6 nitrogen and oxygen atoms in total. The molecule has 0 N–H and O–H groups in total. The van der Waals surface area contributed by atoms with Crippen LogP contribution in [-0.4, -0.2) is 33.7 Å². The highest BCUT2D eigenvalue weighted by molar-refractivity contribution is 7.15. The Labute approximate surface area is 184 Å². The first-order valence-corrected chi connectivity index (χ1v) is 10.9. The lowest BCUT2D eigenvalue weighted by Crippen LogP contribution is -2.46. The van der Waals surface area contributed by atoms with Crippen LogP contribution in [0.2, 0.25) is 0 Å². The second kappa shape index (κ2) is 8.81. The maximum Gasteiger partial charge on any atom is 0.329 e. The van der Waals surface area contributed by atoms with E-state index in [-0.39, 0.29) is 12.5 Å². The number of amides is 2. The van der Waals surface area contributed by atoms with E-state index in [0.717, 1.165) is 20.3 Å². The molecular formula is C24H22N2O4S. The van der Waals surface area contributed by atoms with Crippen molar-refractivity contribution in [2.45, 2.75) is 32.9 Å². The summed E-state index contributed by atoms with van der Waals surface area (Å²) in [5.41, 5.74) is 1.64. The first kappa shape index (κ1) is 20.9. The van der Waals surface area contributed by atoms with Gasteiger partial charge in [0.25, 0.3) is 11.8 Å². The smallest absolute Gasteiger partial charge is 0.329 e. The van der Waals surface area contributed by atoms with Gasteiger partial charge in [0, 0.05) is 11.8 Å². The van der Waals surface area contributed by atoms with E-state index in [0.29, 0.717) is 17.5 Å². The zero-order chi connectivity index (χ0) is 22.0. The molecule has 1 aliphatic heterocycles. The Kier molecular flexibility index (Phi) is 5.95. The number of aromatic nitrogens is 1. The normalized spacial score (nSPS) is 14.1. The molecule has 0 bridgehead atoms. The van der Waals surface area contributed by atoms with E-state index in [9.17, 15) is 14.4 Å². The van der Waals surface area contributed by atoms with Crippen molar-refractivity contribution in [3.8, 4) is 10.6 Å². The fraction of sp³-hybridized carbons (Fsp3) is 0.250. The summed E-state index contributed by atoms with van der Waals surface area (Å²) < 4.78 is 5.53. The third kappa shape index (κ3) is 4.27. The van der Waals surface area contributed by atoms with Gasteiger partial charge in [0.05, 0.1) is 16.0 Å². The van der Waals surface area contributed by atoms with E-state index in [1.807, 2.05) is 44.2 Å². The Bertz CT molecular complexity index is 1090. The molecule has 3 aromatic rings. The number of carbonyl (C=O) groups is 3. The lowest BCUT2D eigenvalue weighted by Gasteiger charge is -2.25. The number of hydrogen-bond donors (Lipinski definition) is 0. The standard InChI is InChI=1S/C24H22N2O4S/c1-15(2)12-20(26-22(27)18-10-6-7-11-19(18)23(26)28)24(29)30-14-17-13-25-21(31-17)16-8-4-3-5-9-16/h3-11,13,15,20H,12,14H2,1-2H3/t20-/m1/s1. The molecule has 0 spiro atoms. The largest absolute Gasteiger partial charge is 0.458 e. The number of ether oxygens (including phenoxy) is 1. The van der Waals surface area contributed by atoms with Crippen LogP contribution < -0.4 is 0 Å². The van der Waals surface area contributed by atoms with E-state index in [1.54, 1.807) is 30.5 Å². The van der Waals surface area contributed by atoms with Crippen LogP contribution in [0.25, 0.3) is 10.6 Å². The number of fused-ring (bicyclic) bond motifs is 1. The zero-order valence-electron chi connectivity index (χ0n) is 17.3. The first-order valence-electron chi connectivity index (χ1n) is 10.1. The first-order chi connectivity index (χ1) is 15.0.